The summed E-state index contributed by atoms with van der Waals surface area (Å²) >= 11 is 0. The summed E-state index contributed by atoms with van der Waals surface area (Å²) in [5.41, 5.74) is 1.89. The summed E-state index contributed by atoms with van der Waals surface area (Å²) in [4.78, 5) is 1.81. The molecular formula is C14H20F2N2O. The largest absolute Gasteiger partial charge is 0.507 e. The normalized spacial score (nSPS) is 18.8. The Labute approximate surface area is 112 Å². The number of hydrogen-bond donors (Lipinski definition) is 2. The molecule has 0 aromatic heterocycles. The molecule has 106 valence electrons. The molecule has 1 aliphatic heterocycles. The van der Waals surface area contributed by atoms with Gasteiger partial charge in [0.1, 0.15) is 5.75 Å². The molecule has 2 N–H and O–H groups in total. The van der Waals surface area contributed by atoms with Gasteiger partial charge in [0, 0.05) is 26.2 Å². The average Bonchev–Trinajstić information content (AvgIpc) is 2.37. The highest BCUT2D eigenvalue weighted by Crippen LogP contribution is 2.32. The molecule has 3 nitrogen and oxygen atoms in total. The molecule has 0 radical (unpaired) electrons. The molecule has 1 heterocycles. The SMILES string of the molecule is Cc1cc([C@@H](C(F)F)N2CCNCC2)cc(C)c1O. The first-order chi connectivity index (χ1) is 9.00. The highest BCUT2D eigenvalue weighted by molar-refractivity contribution is 5.43. The van der Waals surface area contributed by atoms with Crippen LogP contribution in [-0.2, 0) is 0 Å². The van der Waals surface area contributed by atoms with Crippen molar-refractivity contribution in [3.8, 4) is 5.75 Å². The Morgan fingerprint density at radius 3 is 2.16 bits per heavy atom. The van der Waals surface area contributed by atoms with Crippen molar-refractivity contribution >= 4 is 0 Å². The summed E-state index contributed by atoms with van der Waals surface area (Å²) in [6.45, 7) is 6.19. The van der Waals surface area contributed by atoms with E-state index in [9.17, 15) is 13.9 Å². The number of piperazine rings is 1. The minimum atomic E-state index is -2.43. The standard InChI is InChI=1S/C14H20F2N2O/c1-9-7-11(8-10(2)13(9)19)12(14(15)16)18-5-3-17-4-6-18/h7-8,12,14,17,19H,3-6H2,1-2H3/t12-/m0/s1. The second kappa shape index (κ2) is 5.84. The summed E-state index contributed by atoms with van der Waals surface area (Å²) in [6.07, 6.45) is -2.43. The van der Waals surface area contributed by atoms with Crippen molar-refractivity contribution in [1.29, 1.82) is 0 Å². The third-order valence-electron chi connectivity index (χ3n) is 3.64. The molecule has 1 aliphatic rings. The maximum absolute atomic E-state index is 13.4. The number of nitrogens with one attached hydrogen (secondary N) is 1. The molecular weight excluding hydrogens is 250 g/mol. The number of phenolic OH excluding ortho intramolecular Hbond substituents is 1. The monoisotopic (exact) mass is 270 g/mol. The number of phenols is 1. The first kappa shape index (κ1) is 14.2. The lowest BCUT2D eigenvalue weighted by Crippen LogP contribution is -2.46. The van der Waals surface area contributed by atoms with E-state index in [1.165, 1.54) is 0 Å². The Hall–Kier alpha value is -1.20. The maximum Gasteiger partial charge on any atom is 0.258 e. The number of rotatable bonds is 3. The molecule has 1 aromatic carbocycles. The van der Waals surface area contributed by atoms with Crippen LogP contribution in [-0.4, -0.2) is 42.6 Å². The fourth-order valence-corrected chi connectivity index (χ4v) is 2.64. The van der Waals surface area contributed by atoms with Crippen LogP contribution in [0.2, 0.25) is 0 Å². The van der Waals surface area contributed by atoms with Gasteiger partial charge in [-0.3, -0.25) is 4.90 Å². The predicted molar refractivity (Wildman–Crippen MR) is 70.8 cm³/mol. The van der Waals surface area contributed by atoms with Gasteiger partial charge in [0.25, 0.3) is 6.43 Å². The summed E-state index contributed by atoms with van der Waals surface area (Å²) in [5.74, 6) is 0.192. The molecule has 0 saturated carbocycles. The zero-order valence-corrected chi connectivity index (χ0v) is 11.3. The predicted octanol–water partition coefficient (Wildman–Crippen LogP) is 2.22. The van der Waals surface area contributed by atoms with Gasteiger partial charge in [0.15, 0.2) is 0 Å². The Bertz CT molecular complexity index is 422. The average molecular weight is 270 g/mol. The van der Waals surface area contributed by atoms with Crippen molar-refractivity contribution in [2.45, 2.75) is 26.3 Å². The van der Waals surface area contributed by atoms with Crippen LogP contribution in [0.3, 0.4) is 0 Å². The van der Waals surface area contributed by atoms with Crippen LogP contribution in [0.4, 0.5) is 8.78 Å². The molecule has 1 fully saturated rings. The lowest BCUT2D eigenvalue weighted by molar-refractivity contribution is 0.0181. The van der Waals surface area contributed by atoms with E-state index in [4.69, 9.17) is 0 Å². The van der Waals surface area contributed by atoms with Crippen molar-refractivity contribution in [3.05, 3.63) is 28.8 Å². The molecule has 1 aromatic rings. The van der Waals surface area contributed by atoms with E-state index in [1.807, 2.05) is 4.90 Å². The van der Waals surface area contributed by atoms with Crippen LogP contribution < -0.4 is 5.32 Å². The van der Waals surface area contributed by atoms with Crippen molar-refractivity contribution < 1.29 is 13.9 Å². The number of aromatic hydroxyl groups is 1. The van der Waals surface area contributed by atoms with Crippen molar-refractivity contribution in [3.63, 3.8) is 0 Å². The molecule has 0 bridgehead atoms. The van der Waals surface area contributed by atoms with Crippen LogP contribution in [0.5, 0.6) is 5.75 Å². The summed E-state index contributed by atoms with van der Waals surface area (Å²) in [7, 11) is 0. The number of nitrogens with zero attached hydrogens (tertiary/aromatic N) is 1. The van der Waals surface area contributed by atoms with Gasteiger partial charge in [-0.25, -0.2) is 8.78 Å². The van der Waals surface area contributed by atoms with E-state index in [-0.39, 0.29) is 5.75 Å². The first-order valence-corrected chi connectivity index (χ1v) is 6.53. The fourth-order valence-electron chi connectivity index (χ4n) is 2.64. The molecule has 19 heavy (non-hydrogen) atoms. The number of aryl methyl sites for hydroxylation is 2. The van der Waals surface area contributed by atoms with Crippen molar-refractivity contribution in [2.24, 2.45) is 0 Å². The van der Waals surface area contributed by atoms with Crippen LogP contribution in [0, 0.1) is 13.8 Å². The Morgan fingerprint density at radius 1 is 1.16 bits per heavy atom. The summed E-state index contributed by atoms with van der Waals surface area (Å²) in [6, 6.07) is 2.45. The molecule has 0 amide bonds. The van der Waals surface area contributed by atoms with E-state index in [1.54, 1.807) is 26.0 Å². The van der Waals surface area contributed by atoms with E-state index >= 15 is 0 Å². The molecule has 2 rings (SSSR count). The van der Waals surface area contributed by atoms with Crippen LogP contribution in [0.1, 0.15) is 22.7 Å². The summed E-state index contributed by atoms with van der Waals surface area (Å²) < 4.78 is 26.8. The van der Waals surface area contributed by atoms with Gasteiger partial charge in [-0.15, -0.1) is 0 Å². The third-order valence-corrected chi connectivity index (χ3v) is 3.64. The van der Waals surface area contributed by atoms with E-state index in [2.05, 4.69) is 5.32 Å². The number of benzene rings is 1. The van der Waals surface area contributed by atoms with E-state index in [0.717, 1.165) is 13.1 Å². The maximum atomic E-state index is 13.4. The Morgan fingerprint density at radius 2 is 1.68 bits per heavy atom. The zero-order valence-electron chi connectivity index (χ0n) is 11.3. The minimum absolute atomic E-state index is 0.192. The van der Waals surface area contributed by atoms with Crippen molar-refractivity contribution in [2.75, 3.05) is 26.2 Å². The zero-order chi connectivity index (χ0) is 14.0. The number of hydrogen-bond acceptors (Lipinski definition) is 3. The molecule has 1 atom stereocenters. The van der Waals surface area contributed by atoms with E-state index in [0.29, 0.717) is 29.8 Å². The van der Waals surface area contributed by atoms with Crippen molar-refractivity contribution in [1.82, 2.24) is 10.2 Å². The summed E-state index contributed by atoms with van der Waals surface area (Å²) in [5, 5.41) is 12.9. The molecule has 0 unspecified atom stereocenters. The molecule has 0 aliphatic carbocycles. The van der Waals surface area contributed by atoms with Gasteiger partial charge in [-0.05, 0) is 30.5 Å². The van der Waals surface area contributed by atoms with Gasteiger partial charge in [-0.1, -0.05) is 12.1 Å². The third kappa shape index (κ3) is 3.04. The molecule has 0 spiro atoms. The smallest absolute Gasteiger partial charge is 0.258 e. The first-order valence-electron chi connectivity index (χ1n) is 6.53. The van der Waals surface area contributed by atoms with Gasteiger partial charge in [-0.2, -0.15) is 0 Å². The van der Waals surface area contributed by atoms with Crippen LogP contribution in [0.15, 0.2) is 12.1 Å². The Kier molecular flexibility index (Phi) is 4.37. The lowest BCUT2D eigenvalue weighted by atomic mass is 9.99. The second-order valence-electron chi connectivity index (χ2n) is 5.07. The van der Waals surface area contributed by atoms with Gasteiger partial charge in [0.05, 0.1) is 6.04 Å². The van der Waals surface area contributed by atoms with E-state index < -0.39 is 12.5 Å². The van der Waals surface area contributed by atoms with Gasteiger partial charge < -0.3 is 10.4 Å². The van der Waals surface area contributed by atoms with Crippen LogP contribution >= 0.6 is 0 Å². The molecule has 1 saturated heterocycles. The highest BCUT2D eigenvalue weighted by Gasteiger charge is 2.30. The highest BCUT2D eigenvalue weighted by atomic mass is 19.3. The minimum Gasteiger partial charge on any atom is -0.507 e. The Balaban J connectivity index is 2.33. The van der Waals surface area contributed by atoms with Gasteiger partial charge in [0.2, 0.25) is 0 Å². The number of halogens is 2. The number of alkyl halides is 2. The van der Waals surface area contributed by atoms with Crippen LogP contribution in [0.25, 0.3) is 0 Å². The topological polar surface area (TPSA) is 35.5 Å². The lowest BCUT2D eigenvalue weighted by Gasteiger charge is -2.35. The fraction of sp³-hybridized carbons (Fsp3) is 0.571. The quantitative estimate of drug-likeness (QED) is 0.884. The van der Waals surface area contributed by atoms with Gasteiger partial charge >= 0.3 is 0 Å². The second-order valence-corrected chi connectivity index (χ2v) is 5.07. The molecule has 5 heteroatoms.